The van der Waals surface area contributed by atoms with Crippen molar-refractivity contribution in [2.75, 3.05) is 23.7 Å². The summed E-state index contributed by atoms with van der Waals surface area (Å²) in [6, 6.07) is 4.04. The van der Waals surface area contributed by atoms with Crippen molar-refractivity contribution < 1.29 is 4.79 Å². The van der Waals surface area contributed by atoms with Crippen LogP contribution in [0.4, 0.5) is 11.4 Å². The molecule has 0 saturated carbocycles. The molecule has 20 heavy (non-hydrogen) atoms. The highest BCUT2D eigenvalue weighted by Gasteiger charge is 2.15. The Morgan fingerprint density at radius 3 is 2.70 bits per heavy atom. The molecule has 0 fully saturated rings. The van der Waals surface area contributed by atoms with Gasteiger partial charge in [-0.15, -0.1) is 0 Å². The van der Waals surface area contributed by atoms with Gasteiger partial charge in [0.2, 0.25) is 5.91 Å². The van der Waals surface area contributed by atoms with Crippen LogP contribution in [0.25, 0.3) is 0 Å². The fourth-order valence-electron chi connectivity index (χ4n) is 2.42. The van der Waals surface area contributed by atoms with Crippen LogP contribution in [0.5, 0.6) is 0 Å². The average molecular weight is 274 g/mol. The average Bonchev–Trinajstić information content (AvgIpc) is 2.91. The normalized spacial score (nSPS) is 13.7. The largest absolute Gasteiger partial charge is 0.354 e. The van der Waals surface area contributed by atoms with Crippen molar-refractivity contribution >= 4 is 23.2 Å². The van der Waals surface area contributed by atoms with Crippen molar-refractivity contribution in [3.8, 4) is 0 Å². The molecule has 2 rings (SSSR count). The van der Waals surface area contributed by atoms with Crippen LogP contribution in [0, 0.1) is 0 Å². The number of benzene rings is 1. The minimum atomic E-state index is -0.0498. The van der Waals surface area contributed by atoms with Gasteiger partial charge >= 0.3 is 0 Å². The van der Waals surface area contributed by atoms with E-state index in [0.29, 0.717) is 0 Å². The molecule has 1 aliphatic heterocycles. The van der Waals surface area contributed by atoms with Gasteiger partial charge < -0.3 is 16.0 Å². The summed E-state index contributed by atoms with van der Waals surface area (Å²) in [6.45, 7) is 7.42. The van der Waals surface area contributed by atoms with Crippen LogP contribution in [-0.2, 0) is 17.6 Å². The Balaban J connectivity index is 2.40. The molecule has 1 heterocycles. The van der Waals surface area contributed by atoms with Crippen molar-refractivity contribution in [2.24, 2.45) is 4.99 Å². The van der Waals surface area contributed by atoms with E-state index in [2.05, 4.69) is 40.9 Å². The maximum atomic E-state index is 11.3. The first-order chi connectivity index (χ1) is 9.65. The van der Waals surface area contributed by atoms with Crippen molar-refractivity contribution in [3.05, 3.63) is 23.3 Å². The number of guanidine groups is 1. The molecule has 1 aliphatic rings. The van der Waals surface area contributed by atoms with Gasteiger partial charge in [0.05, 0.1) is 6.54 Å². The van der Waals surface area contributed by atoms with Crippen molar-refractivity contribution in [3.63, 3.8) is 0 Å². The maximum Gasteiger partial charge on any atom is 0.221 e. The molecule has 5 nitrogen and oxygen atoms in total. The fourth-order valence-corrected chi connectivity index (χ4v) is 2.42. The van der Waals surface area contributed by atoms with Crippen molar-refractivity contribution in [1.29, 1.82) is 0 Å². The number of hydrogen-bond acceptors (Lipinski definition) is 4. The van der Waals surface area contributed by atoms with E-state index in [4.69, 9.17) is 0 Å². The summed E-state index contributed by atoms with van der Waals surface area (Å²) >= 11 is 0. The lowest BCUT2D eigenvalue weighted by Crippen LogP contribution is -2.27. The molecule has 0 aliphatic carbocycles. The molecular formula is C15H22N4O. The quantitative estimate of drug-likeness (QED) is 0.788. The van der Waals surface area contributed by atoms with Gasteiger partial charge in [-0.05, 0) is 30.0 Å². The van der Waals surface area contributed by atoms with Crippen LogP contribution in [0.1, 0.15) is 31.9 Å². The number of hydrogen-bond donors (Lipinski definition) is 3. The summed E-state index contributed by atoms with van der Waals surface area (Å²) in [4.78, 5) is 15.7. The smallest absolute Gasteiger partial charge is 0.221 e. The van der Waals surface area contributed by atoms with E-state index in [1.807, 2.05) is 6.07 Å². The van der Waals surface area contributed by atoms with Gasteiger partial charge in [-0.25, -0.2) is 0 Å². The molecule has 0 spiro atoms. The summed E-state index contributed by atoms with van der Waals surface area (Å²) in [5, 5.41) is 9.50. The zero-order valence-electron chi connectivity index (χ0n) is 12.3. The van der Waals surface area contributed by atoms with Gasteiger partial charge in [0, 0.05) is 24.8 Å². The van der Waals surface area contributed by atoms with Crippen LogP contribution < -0.4 is 16.0 Å². The van der Waals surface area contributed by atoms with Crippen LogP contribution in [0.3, 0.4) is 0 Å². The Kier molecular flexibility index (Phi) is 4.61. The minimum absolute atomic E-state index is 0.0498. The molecule has 1 amide bonds. The van der Waals surface area contributed by atoms with E-state index >= 15 is 0 Å². The molecule has 0 saturated heterocycles. The van der Waals surface area contributed by atoms with E-state index in [-0.39, 0.29) is 5.91 Å². The number of rotatable bonds is 4. The Hall–Kier alpha value is -2.04. The Morgan fingerprint density at radius 2 is 2.15 bits per heavy atom. The van der Waals surface area contributed by atoms with Gasteiger partial charge in [-0.3, -0.25) is 9.79 Å². The lowest BCUT2D eigenvalue weighted by molar-refractivity contribution is -0.114. The van der Waals surface area contributed by atoms with E-state index in [1.165, 1.54) is 12.5 Å². The molecule has 5 heteroatoms. The third kappa shape index (κ3) is 3.10. The van der Waals surface area contributed by atoms with Crippen molar-refractivity contribution in [1.82, 2.24) is 5.32 Å². The van der Waals surface area contributed by atoms with Crippen LogP contribution in [-0.4, -0.2) is 25.0 Å². The first-order valence-electron chi connectivity index (χ1n) is 7.13. The van der Waals surface area contributed by atoms with Crippen LogP contribution in [0.15, 0.2) is 17.1 Å². The third-order valence-electron chi connectivity index (χ3n) is 3.36. The van der Waals surface area contributed by atoms with Crippen molar-refractivity contribution in [2.45, 2.75) is 33.6 Å². The molecule has 0 bridgehead atoms. The molecule has 1 aromatic carbocycles. The zero-order valence-corrected chi connectivity index (χ0v) is 12.3. The molecular weight excluding hydrogens is 252 g/mol. The highest BCUT2D eigenvalue weighted by molar-refractivity contribution is 5.98. The topological polar surface area (TPSA) is 65.5 Å². The summed E-state index contributed by atoms with van der Waals surface area (Å²) in [7, 11) is 0. The lowest BCUT2D eigenvalue weighted by atomic mass is 10.0. The third-order valence-corrected chi connectivity index (χ3v) is 3.36. The molecule has 0 radical (unpaired) electrons. The summed E-state index contributed by atoms with van der Waals surface area (Å²) in [5.41, 5.74) is 4.29. The number of aliphatic imine (C=N–C) groups is 1. The molecule has 0 aromatic heterocycles. The number of carbonyl (C=O) groups excluding carboxylic acids is 1. The Morgan fingerprint density at radius 1 is 1.35 bits per heavy atom. The molecule has 0 unspecified atom stereocenters. The minimum Gasteiger partial charge on any atom is -0.354 e. The van der Waals surface area contributed by atoms with Gasteiger partial charge in [-0.1, -0.05) is 19.9 Å². The predicted molar refractivity (Wildman–Crippen MR) is 83.4 cm³/mol. The van der Waals surface area contributed by atoms with Crippen LogP contribution >= 0.6 is 0 Å². The SMILES string of the molecule is CCc1ccc(NC(C)=O)c(CC)c1NC1=NCCN1. The second-order valence-corrected chi connectivity index (χ2v) is 4.80. The second-order valence-electron chi connectivity index (χ2n) is 4.80. The van der Waals surface area contributed by atoms with Gasteiger partial charge in [-0.2, -0.15) is 0 Å². The number of nitrogens with zero attached hydrogens (tertiary/aromatic N) is 1. The van der Waals surface area contributed by atoms with E-state index in [1.54, 1.807) is 0 Å². The summed E-state index contributed by atoms with van der Waals surface area (Å²) in [6.07, 6.45) is 1.78. The molecule has 3 N–H and O–H groups in total. The maximum absolute atomic E-state index is 11.3. The standard InChI is InChI=1S/C15H22N4O/c1-4-11-6-7-13(18-10(3)20)12(5-2)14(11)19-15-16-8-9-17-15/h6-7H,4-5,8-9H2,1-3H3,(H,18,20)(H2,16,17,19). The number of carbonyl (C=O) groups is 1. The van der Waals surface area contributed by atoms with E-state index in [0.717, 1.165) is 48.8 Å². The second kappa shape index (κ2) is 6.41. The number of nitrogens with one attached hydrogen (secondary N) is 3. The van der Waals surface area contributed by atoms with Gasteiger partial charge in [0.1, 0.15) is 0 Å². The van der Waals surface area contributed by atoms with Gasteiger partial charge in [0.15, 0.2) is 5.96 Å². The number of amides is 1. The summed E-state index contributed by atoms with van der Waals surface area (Å²) in [5.74, 6) is 0.764. The van der Waals surface area contributed by atoms with Crippen LogP contribution in [0.2, 0.25) is 0 Å². The predicted octanol–water partition coefficient (Wildman–Crippen LogP) is 2.14. The zero-order chi connectivity index (χ0) is 14.5. The molecule has 0 atom stereocenters. The highest BCUT2D eigenvalue weighted by Crippen LogP contribution is 2.30. The summed E-state index contributed by atoms with van der Waals surface area (Å²) < 4.78 is 0. The molecule has 108 valence electrons. The highest BCUT2D eigenvalue weighted by atomic mass is 16.1. The van der Waals surface area contributed by atoms with E-state index in [9.17, 15) is 4.79 Å². The Labute approximate surface area is 119 Å². The van der Waals surface area contributed by atoms with E-state index < -0.39 is 0 Å². The first-order valence-corrected chi connectivity index (χ1v) is 7.13. The Bertz CT molecular complexity index is 537. The molecule has 1 aromatic rings. The fraction of sp³-hybridized carbons (Fsp3) is 0.467. The first kappa shape index (κ1) is 14.4. The number of anilines is 2. The van der Waals surface area contributed by atoms with Gasteiger partial charge in [0.25, 0.3) is 0 Å². The number of aryl methyl sites for hydroxylation is 1. The monoisotopic (exact) mass is 274 g/mol. The lowest BCUT2D eigenvalue weighted by Gasteiger charge is -2.19.